The van der Waals surface area contributed by atoms with Gasteiger partial charge >= 0.3 is 5.97 Å². The minimum atomic E-state index is -1.12. The van der Waals surface area contributed by atoms with E-state index in [-0.39, 0.29) is 24.5 Å². The molecule has 0 aromatic heterocycles. The Bertz CT molecular complexity index is 1000. The Hall–Kier alpha value is -3.44. The second-order valence-corrected chi connectivity index (χ2v) is 7.00. The van der Waals surface area contributed by atoms with Crippen molar-refractivity contribution < 1.29 is 19.1 Å². The smallest absolute Gasteiger partial charge is 0.307 e. The van der Waals surface area contributed by atoms with Gasteiger partial charge in [0.1, 0.15) is 0 Å². The van der Waals surface area contributed by atoms with Crippen LogP contribution in [-0.2, 0) is 14.3 Å². The average Bonchev–Trinajstić information content (AvgIpc) is 2.77. The highest BCUT2D eigenvalue weighted by molar-refractivity contribution is 6.30. The van der Waals surface area contributed by atoms with Crippen LogP contribution in [0.4, 0.5) is 5.69 Å². The number of ketones is 1. The molecule has 0 saturated heterocycles. The first kappa shape index (κ1) is 21.3. The number of carbonyl (C=O) groups excluding carboxylic acids is 3. The van der Waals surface area contributed by atoms with E-state index in [1.807, 2.05) is 6.07 Å². The second kappa shape index (κ2) is 10.4. The monoisotopic (exact) mass is 421 g/mol. The summed E-state index contributed by atoms with van der Waals surface area (Å²) in [6.45, 7) is 0. The Labute approximate surface area is 179 Å². The van der Waals surface area contributed by atoms with E-state index in [9.17, 15) is 14.4 Å². The molecular formula is C24H20ClNO4. The lowest BCUT2D eigenvalue weighted by Crippen LogP contribution is -2.21. The zero-order valence-corrected chi connectivity index (χ0v) is 16.8. The van der Waals surface area contributed by atoms with Gasteiger partial charge in [-0.2, -0.15) is 0 Å². The van der Waals surface area contributed by atoms with Gasteiger partial charge in [0.15, 0.2) is 6.10 Å². The van der Waals surface area contributed by atoms with Crippen molar-refractivity contribution in [2.24, 2.45) is 0 Å². The fourth-order valence-corrected chi connectivity index (χ4v) is 2.94. The van der Waals surface area contributed by atoms with Crippen LogP contribution in [0.5, 0.6) is 0 Å². The third-order valence-corrected chi connectivity index (χ3v) is 4.58. The number of hydrogen-bond acceptors (Lipinski definition) is 4. The van der Waals surface area contributed by atoms with Crippen LogP contribution in [0.2, 0.25) is 5.02 Å². The number of halogens is 1. The van der Waals surface area contributed by atoms with Crippen LogP contribution < -0.4 is 5.32 Å². The van der Waals surface area contributed by atoms with Crippen molar-refractivity contribution in [1.82, 2.24) is 0 Å². The van der Waals surface area contributed by atoms with E-state index in [1.165, 1.54) is 0 Å². The van der Waals surface area contributed by atoms with E-state index in [4.69, 9.17) is 16.3 Å². The Kier molecular flexibility index (Phi) is 7.35. The number of nitrogens with one attached hydrogen (secondary N) is 1. The molecule has 3 aromatic rings. The molecule has 0 spiro atoms. The summed E-state index contributed by atoms with van der Waals surface area (Å²) >= 11 is 5.93. The van der Waals surface area contributed by atoms with Crippen LogP contribution in [0.25, 0.3) is 0 Å². The van der Waals surface area contributed by atoms with Gasteiger partial charge in [0.05, 0.1) is 6.42 Å². The van der Waals surface area contributed by atoms with Crippen LogP contribution in [0.1, 0.15) is 34.9 Å². The van der Waals surface area contributed by atoms with Crippen LogP contribution in [0.3, 0.4) is 0 Å². The summed E-state index contributed by atoms with van der Waals surface area (Å²) in [6.07, 6.45) is -1.32. The number of benzene rings is 3. The van der Waals surface area contributed by atoms with E-state index >= 15 is 0 Å². The third kappa shape index (κ3) is 6.03. The summed E-state index contributed by atoms with van der Waals surface area (Å²) in [5, 5.41) is 3.22. The van der Waals surface area contributed by atoms with E-state index in [0.29, 0.717) is 21.8 Å². The van der Waals surface area contributed by atoms with Crippen molar-refractivity contribution in [3.8, 4) is 0 Å². The second-order valence-electron chi connectivity index (χ2n) is 6.57. The summed E-state index contributed by atoms with van der Waals surface area (Å²) < 4.78 is 5.48. The molecule has 152 valence electrons. The van der Waals surface area contributed by atoms with Crippen molar-refractivity contribution >= 4 is 34.9 Å². The molecule has 5 nitrogen and oxygen atoms in total. The van der Waals surface area contributed by atoms with Gasteiger partial charge in [-0.1, -0.05) is 72.3 Å². The molecule has 0 unspecified atom stereocenters. The number of anilines is 1. The van der Waals surface area contributed by atoms with E-state index in [2.05, 4.69) is 5.32 Å². The highest BCUT2D eigenvalue weighted by Gasteiger charge is 2.26. The highest BCUT2D eigenvalue weighted by atomic mass is 35.5. The largest absolute Gasteiger partial charge is 0.449 e. The molecule has 0 saturated carbocycles. The minimum absolute atomic E-state index is 0.0550. The number of para-hydroxylation sites is 1. The predicted octanol–water partition coefficient (Wildman–Crippen LogP) is 5.23. The minimum Gasteiger partial charge on any atom is -0.449 e. The molecule has 1 amide bonds. The summed E-state index contributed by atoms with van der Waals surface area (Å²) in [4.78, 5) is 37.4. The number of rotatable bonds is 8. The number of ether oxygens (including phenoxy) is 1. The van der Waals surface area contributed by atoms with Crippen LogP contribution in [0, 0.1) is 0 Å². The fourth-order valence-electron chi connectivity index (χ4n) is 2.82. The summed E-state index contributed by atoms with van der Waals surface area (Å²) in [5.41, 5.74) is 1.58. The Morgan fingerprint density at radius 1 is 0.800 bits per heavy atom. The quantitative estimate of drug-likeness (QED) is 0.399. The Morgan fingerprint density at radius 3 is 2.03 bits per heavy atom. The Morgan fingerprint density at radius 2 is 1.40 bits per heavy atom. The summed E-state index contributed by atoms with van der Waals surface area (Å²) in [7, 11) is 0. The van der Waals surface area contributed by atoms with Gasteiger partial charge < -0.3 is 10.1 Å². The lowest BCUT2D eigenvalue weighted by atomic mass is 10.00. The van der Waals surface area contributed by atoms with Crippen molar-refractivity contribution in [3.63, 3.8) is 0 Å². The molecule has 3 rings (SSSR count). The standard InChI is InChI=1S/C24H20ClNO4/c25-19-13-11-18(12-14-19)24(23(29)17-7-3-1-4-8-17)30-22(28)16-15-21(27)26-20-9-5-2-6-10-20/h1-14,24H,15-16H2,(H,26,27)/t24-/m0/s1. The molecule has 0 aliphatic carbocycles. The number of amides is 1. The maximum Gasteiger partial charge on any atom is 0.307 e. The molecule has 1 atom stereocenters. The van der Waals surface area contributed by atoms with Crippen molar-refractivity contribution in [2.75, 3.05) is 5.32 Å². The third-order valence-electron chi connectivity index (χ3n) is 4.33. The first-order valence-electron chi connectivity index (χ1n) is 9.42. The molecule has 0 aliphatic heterocycles. The molecule has 0 fully saturated rings. The molecule has 1 N–H and O–H groups in total. The van der Waals surface area contributed by atoms with Gasteiger partial charge in [-0.05, 0) is 24.3 Å². The van der Waals surface area contributed by atoms with Gasteiger partial charge in [0, 0.05) is 28.3 Å². The first-order chi connectivity index (χ1) is 14.5. The summed E-state index contributed by atoms with van der Waals surface area (Å²) in [5.74, 6) is -1.29. The average molecular weight is 422 g/mol. The van der Waals surface area contributed by atoms with Crippen LogP contribution >= 0.6 is 11.6 Å². The van der Waals surface area contributed by atoms with Crippen molar-refractivity contribution in [2.45, 2.75) is 18.9 Å². The van der Waals surface area contributed by atoms with Gasteiger partial charge in [-0.15, -0.1) is 0 Å². The van der Waals surface area contributed by atoms with E-state index < -0.39 is 12.1 Å². The van der Waals surface area contributed by atoms with E-state index in [0.717, 1.165) is 0 Å². The molecule has 0 bridgehead atoms. The predicted molar refractivity (Wildman–Crippen MR) is 115 cm³/mol. The van der Waals surface area contributed by atoms with Crippen LogP contribution in [0.15, 0.2) is 84.9 Å². The number of esters is 1. The topological polar surface area (TPSA) is 72.5 Å². The molecule has 0 aliphatic rings. The van der Waals surface area contributed by atoms with Crippen molar-refractivity contribution in [1.29, 1.82) is 0 Å². The maximum atomic E-state index is 13.0. The molecular weight excluding hydrogens is 402 g/mol. The maximum absolute atomic E-state index is 13.0. The van der Waals surface area contributed by atoms with Crippen LogP contribution in [-0.4, -0.2) is 17.7 Å². The molecule has 30 heavy (non-hydrogen) atoms. The number of hydrogen-bond donors (Lipinski definition) is 1. The van der Waals surface area contributed by atoms with Crippen molar-refractivity contribution in [3.05, 3.63) is 101 Å². The zero-order valence-electron chi connectivity index (χ0n) is 16.1. The van der Waals surface area contributed by atoms with Gasteiger partial charge in [-0.25, -0.2) is 0 Å². The lowest BCUT2D eigenvalue weighted by molar-refractivity contribution is -0.148. The molecule has 6 heteroatoms. The highest BCUT2D eigenvalue weighted by Crippen LogP contribution is 2.25. The Balaban J connectivity index is 1.66. The fraction of sp³-hybridized carbons (Fsp3) is 0.125. The SMILES string of the molecule is O=C(CCC(=O)O[C@H](C(=O)c1ccccc1)c1ccc(Cl)cc1)Nc1ccccc1. The summed E-state index contributed by atoms with van der Waals surface area (Å²) in [6, 6.07) is 24.1. The molecule has 3 aromatic carbocycles. The normalized spacial score (nSPS) is 11.4. The van der Waals surface area contributed by atoms with Gasteiger partial charge in [0.25, 0.3) is 0 Å². The van der Waals surface area contributed by atoms with Gasteiger partial charge in [-0.3, -0.25) is 14.4 Å². The molecule has 0 radical (unpaired) electrons. The molecule has 0 heterocycles. The lowest BCUT2D eigenvalue weighted by Gasteiger charge is -2.17. The van der Waals surface area contributed by atoms with Gasteiger partial charge in [0.2, 0.25) is 11.7 Å². The van der Waals surface area contributed by atoms with E-state index in [1.54, 1.807) is 78.9 Å². The zero-order chi connectivity index (χ0) is 21.3. The number of carbonyl (C=O) groups is 3. The number of Topliss-reactive ketones (excluding diaryl/α,β-unsaturated/α-hetero) is 1. The first-order valence-corrected chi connectivity index (χ1v) is 9.80.